The average Bonchev–Trinajstić information content (AvgIpc) is 2.75. The van der Waals surface area contributed by atoms with Gasteiger partial charge in [-0.15, -0.1) is 11.3 Å². The molecule has 14 heavy (non-hydrogen) atoms. The molecule has 0 amide bonds. The molecule has 3 rings (SSSR count). The van der Waals surface area contributed by atoms with E-state index >= 15 is 0 Å². The van der Waals surface area contributed by atoms with Crippen molar-refractivity contribution < 1.29 is 0 Å². The number of aryl methyl sites for hydroxylation is 2. The van der Waals surface area contributed by atoms with Crippen molar-refractivity contribution in [3.63, 3.8) is 0 Å². The highest BCUT2D eigenvalue weighted by Crippen LogP contribution is 2.43. The Hall–Kier alpha value is -0.410. The van der Waals surface area contributed by atoms with E-state index in [1.165, 1.54) is 42.8 Å². The lowest BCUT2D eigenvalue weighted by molar-refractivity contribution is 0.525. The number of hydrogen-bond acceptors (Lipinski definition) is 3. The van der Waals surface area contributed by atoms with Crippen LogP contribution in [0.25, 0.3) is 0 Å². The summed E-state index contributed by atoms with van der Waals surface area (Å²) in [5.74, 6) is 0.867. The smallest absolute Gasteiger partial charge is 0.110 e. The van der Waals surface area contributed by atoms with Gasteiger partial charge >= 0.3 is 0 Å². The van der Waals surface area contributed by atoms with Gasteiger partial charge in [0.25, 0.3) is 0 Å². The van der Waals surface area contributed by atoms with Gasteiger partial charge in [0.05, 0.1) is 11.7 Å². The molecule has 76 valence electrons. The number of aromatic nitrogens is 1. The van der Waals surface area contributed by atoms with Gasteiger partial charge in [-0.25, -0.2) is 4.98 Å². The molecule has 1 N–H and O–H groups in total. The van der Waals surface area contributed by atoms with E-state index in [2.05, 4.69) is 12.4 Å². The Bertz CT molecular complexity index is 320. The van der Waals surface area contributed by atoms with Crippen LogP contribution in [0.1, 0.15) is 40.9 Å². The molecule has 1 aromatic rings. The van der Waals surface area contributed by atoms with Crippen molar-refractivity contribution in [1.29, 1.82) is 0 Å². The van der Waals surface area contributed by atoms with Crippen LogP contribution >= 0.6 is 11.3 Å². The van der Waals surface area contributed by atoms with Crippen LogP contribution in [-0.4, -0.2) is 12.0 Å². The summed E-state index contributed by atoms with van der Waals surface area (Å²) < 4.78 is 0. The molecule has 1 unspecified atom stereocenters. The van der Waals surface area contributed by atoms with Gasteiger partial charge < -0.3 is 5.32 Å². The highest BCUT2D eigenvalue weighted by atomic mass is 32.1. The molecule has 1 atom stereocenters. The fourth-order valence-corrected chi connectivity index (χ4v) is 3.69. The Morgan fingerprint density at radius 3 is 2.93 bits per heavy atom. The topological polar surface area (TPSA) is 24.9 Å². The Morgan fingerprint density at radius 2 is 2.29 bits per heavy atom. The monoisotopic (exact) mass is 208 g/mol. The molecule has 0 spiro atoms. The molecule has 1 fully saturated rings. The van der Waals surface area contributed by atoms with Crippen LogP contribution in [0.3, 0.4) is 0 Å². The third kappa shape index (κ3) is 1.39. The molecule has 0 aliphatic heterocycles. The van der Waals surface area contributed by atoms with Crippen molar-refractivity contribution in [3.05, 3.63) is 15.6 Å². The van der Waals surface area contributed by atoms with Gasteiger partial charge in [-0.05, 0) is 45.1 Å². The summed E-state index contributed by atoms with van der Waals surface area (Å²) in [7, 11) is 2.06. The molecule has 0 radical (unpaired) electrons. The fraction of sp³-hybridized carbons (Fsp3) is 0.727. The summed E-state index contributed by atoms with van der Waals surface area (Å²) in [6.45, 7) is 0. The fourth-order valence-electron chi connectivity index (χ4n) is 2.33. The zero-order valence-corrected chi connectivity index (χ0v) is 9.36. The van der Waals surface area contributed by atoms with E-state index in [0.717, 1.165) is 5.92 Å². The number of nitrogens with zero attached hydrogens (tertiary/aromatic N) is 1. The van der Waals surface area contributed by atoms with Gasteiger partial charge in [0.1, 0.15) is 5.01 Å². The molecule has 0 bridgehead atoms. The van der Waals surface area contributed by atoms with Crippen molar-refractivity contribution in [1.82, 2.24) is 10.3 Å². The Kier molecular flexibility index (Phi) is 2.10. The molecule has 1 heterocycles. The van der Waals surface area contributed by atoms with Gasteiger partial charge in [-0.3, -0.25) is 0 Å². The van der Waals surface area contributed by atoms with Crippen LogP contribution in [0.2, 0.25) is 0 Å². The predicted octanol–water partition coefficient (Wildman–Crippen LogP) is 2.30. The molecule has 0 aromatic carbocycles. The van der Waals surface area contributed by atoms with Crippen molar-refractivity contribution in [2.75, 3.05) is 7.05 Å². The maximum absolute atomic E-state index is 4.78. The van der Waals surface area contributed by atoms with Crippen LogP contribution in [0.15, 0.2) is 0 Å². The summed E-state index contributed by atoms with van der Waals surface area (Å²) in [6.07, 6.45) is 6.58. The largest absolute Gasteiger partial charge is 0.311 e. The lowest BCUT2D eigenvalue weighted by atomic mass is 10.2. The average molecular weight is 208 g/mol. The molecule has 2 nitrogen and oxygen atoms in total. The van der Waals surface area contributed by atoms with E-state index in [0.29, 0.717) is 6.04 Å². The quantitative estimate of drug-likeness (QED) is 0.824. The minimum atomic E-state index is 0.547. The first-order valence-corrected chi connectivity index (χ1v) is 6.36. The summed E-state index contributed by atoms with van der Waals surface area (Å²) in [6, 6.07) is 0.547. The number of thiazole rings is 1. The van der Waals surface area contributed by atoms with E-state index in [4.69, 9.17) is 4.98 Å². The van der Waals surface area contributed by atoms with E-state index < -0.39 is 0 Å². The molecule has 2 aliphatic rings. The number of fused-ring (bicyclic) bond motifs is 1. The third-order valence-corrected chi connectivity index (χ3v) is 4.52. The van der Waals surface area contributed by atoms with Gasteiger partial charge in [-0.1, -0.05) is 0 Å². The molecule has 0 saturated heterocycles. The second-order valence-electron chi connectivity index (χ2n) is 4.38. The molecular weight excluding hydrogens is 192 g/mol. The van der Waals surface area contributed by atoms with Gasteiger partial charge in [0, 0.05) is 4.88 Å². The highest BCUT2D eigenvalue weighted by molar-refractivity contribution is 7.11. The van der Waals surface area contributed by atoms with Crippen LogP contribution in [0.5, 0.6) is 0 Å². The van der Waals surface area contributed by atoms with E-state index in [-0.39, 0.29) is 0 Å². The van der Waals surface area contributed by atoms with E-state index in [1.807, 2.05) is 11.3 Å². The Morgan fingerprint density at radius 1 is 1.43 bits per heavy atom. The normalized spacial score (nSPS) is 22.4. The standard InChI is InChI=1S/C11H16N2S/c1-12-10(7-5-6-7)11-13-8-3-2-4-9(8)14-11/h7,10,12H,2-6H2,1H3. The van der Waals surface area contributed by atoms with Crippen LogP contribution < -0.4 is 5.32 Å². The minimum absolute atomic E-state index is 0.547. The summed E-state index contributed by atoms with van der Waals surface area (Å²) in [4.78, 5) is 6.34. The predicted molar refractivity (Wildman–Crippen MR) is 58.7 cm³/mol. The van der Waals surface area contributed by atoms with Crippen molar-refractivity contribution >= 4 is 11.3 Å². The summed E-state index contributed by atoms with van der Waals surface area (Å²) >= 11 is 1.95. The van der Waals surface area contributed by atoms with Gasteiger partial charge in [0.15, 0.2) is 0 Å². The van der Waals surface area contributed by atoms with Crippen LogP contribution in [0.4, 0.5) is 0 Å². The second-order valence-corrected chi connectivity index (χ2v) is 5.49. The van der Waals surface area contributed by atoms with Crippen LogP contribution in [-0.2, 0) is 12.8 Å². The lowest BCUT2D eigenvalue weighted by Crippen LogP contribution is -2.18. The zero-order chi connectivity index (χ0) is 9.54. The first-order chi connectivity index (χ1) is 6.88. The molecule has 3 heteroatoms. The minimum Gasteiger partial charge on any atom is -0.311 e. The van der Waals surface area contributed by atoms with Crippen LogP contribution in [0, 0.1) is 5.92 Å². The first-order valence-electron chi connectivity index (χ1n) is 5.54. The number of rotatable bonds is 3. The maximum Gasteiger partial charge on any atom is 0.110 e. The van der Waals surface area contributed by atoms with Crippen molar-refractivity contribution in [2.24, 2.45) is 5.92 Å². The van der Waals surface area contributed by atoms with Gasteiger partial charge in [0.2, 0.25) is 0 Å². The van der Waals surface area contributed by atoms with Crippen molar-refractivity contribution in [3.8, 4) is 0 Å². The second kappa shape index (κ2) is 3.31. The summed E-state index contributed by atoms with van der Waals surface area (Å²) in [5.41, 5.74) is 1.39. The Labute approximate surface area is 88.7 Å². The molecule has 1 aromatic heterocycles. The molecule has 1 saturated carbocycles. The third-order valence-electron chi connectivity index (χ3n) is 3.28. The van der Waals surface area contributed by atoms with Crippen molar-refractivity contribution in [2.45, 2.75) is 38.1 Å². The lowest BCUT2D eigenvalue weighted by Gasteiger charge is -2.11. The number of nitrogens with one attached hydrogen (secondary N) is 1. The van der Waals surface area contributed by atoms with E-state index in [1.54, 1.807) is 4.88 Å². The first kappa shape index (κ1) is 8.86. The SMILES string of the molecule is CNC(c1nc2c(s1)CCC2)C1CC1. The highest BCUT2D eigenvalue weighted by Gasteiger charge is 2.34. The molecule has 2 aliphatic carbocycles. The van der Waals surface area contributed by atoms with Gasteiger partial charge in [-0.2, -0.15) is 0 Å². The molecular formula is C11H16N2S. The number of hydrogen-bond donors (Lipinski definition) is 1. The zero-order valence-electron chi connectivity index (χ0n) is 8.55. The summed E-state index contributed by atoms with van der Waals surface area (Å²) in [5, 5.41) is 4.76. The Balaban J connectivity index is 1.87. The maximum atomic E-state index is 4.78. The van der Waals surface area contributed by atoms with E-state index in [9.17, 15) is 0 Å².